The zero-order chi connectivity index (χ0) is 10.1. The van der Waals surface area contributed by atoms with Crippen molar-refractivity contribution >= 4 is 15.9 Å². The Hall–Kier alpha value is -1.23. The van der Waals surface area contributed by atoms with E-state index in [9.17, 15) is 4.39 Å². The van der Waals surface area contributed by atoms with Gasteiger partial charge in [0.15, 0.2) is 5.82 Å². The molecule has 0 aliphatic carbocycles. The minimum Gasteiger partial charge on any atom is -0.272 e. The lowest BCUT2D eigenvalue weighted by molar-refractivity contribution is 0.627. The molecule has 0 aliphatic rings. The average Bonchev–Trinajstić information content (AvgIpc) is 2.47. The molecule has 0 fully saturated rings. The summed E-state index contributed by atoms with van der Waals surface area (Å²) < 4.78 is 15.5. The van der Waals surface area contributed by atoms with Crippen LogP contribution in [0, 0.1) is 5.82 Å². The van der Waals surface area contributed by atoms with Crippen LogP contribution in [-0.4, -0.2) is 14.8 Å². The quantitative estimate of drug-likeness (QED) is 0.784. The Labute approximate surface area is 88.7 Å². The zero-order valence-electron chi connectivity index (χ0n) is 7.41. The first-order valence-corrected chi connectivity index (χ1v) is 4.77. The summed E-state index contributed by atoms with van der Waals surface area (Å²) in [4.78, 5) is 4.06. The standard InChI is InChI=1S/C9H7BrFN3/c1-14-5-7(11)9(13-14)8-3-2-6(10)4-12-8/h2-5H,1H3. The predicted octanol–water partition coefficient (Wildman–Crippen LogP) is 2.38. The third kappa shape index (κ3) is 1.68. The van der Waals surface area contributed by atoms with Crippen molar-refractivity contribution in [1.29, 1.82) is 0 Å². The predicted molar refractivity (Wildman–Crippen MR) is 54.1 cm³/mol. The summed E-state index contributed by atoms with van der Waals surface area (Å²) in [7, 11) is 1.67. The van der Waals surface area contributed by atoms with Crippen LogP contribution in [0.15, 0.2) is 29.0 Å². The second kappa shape index (κ2) is 3.49. The van der Waals surface area contributed by atoms with Crippen molar-refractivity contribution in [2.75, 3.05) is 0 Å². The van der Waals surface area contributed by atoms with Crippen molar-refractivity contribution < 1.29 is 4.39 Å². The van der Waals surface area contributed by atoms with Gasteiger partial charge in [0.05, 0.1) is 11.9 Å². The van der Waals surface area contributed by atoms with Crippen LogP contribution in [0.3, 0.4) is 0 Å². The number of pyridine rings is 1. The highest BCUT2D eigenvalue weighted by molar-refractivity contribution is 9.10. The Balaban J connectivity index is 2.49. The van der Waals surface area contributed by atoms with E-state index in [1.165, 1.54) is 10.9 Å². The topological polar surface area (TPSA) is 30.7 Å². The second-order valence-corrected chi connectivity index (χ2v) is 3.78. The Morgan fingerprint density at radius 3 is 2.71 bits per heavy atom. The third-order valence-electron chi connectivity index (χ3n) is 1.75. The maximum absolute atomic E-state index is 13.3. The van der Waals surface area contributed by atoms with E-state index in [2.05, 4.69) is 26.0 Å². The molecule has 0 saturated carbocycles. The molecular formula is C9H7BrFN3. The highest BCUT2D eigenvalue weighted by Gasteiger charge is 2.10. The van der Waals surface area contributed by atoms with Crippen LogP contribution >= 0.6 is 15.9 Å². The minimum atomic E-state index is -0.359. The Kier molecular flexibility index (Phi) is 2.33. The molecule has 5 heteroatoms. The third-order valence-corrected chi connectivity index (χ3v) is 2.22. The first-order chi connectivity index (χ1) is 6.66. The normalized spacial score (nSPS) is 10.5. The van der Waals surface area contributed by atoms with Crippen molar-refractivity contribution in [1.82, 2.24) is 14.8 Å². The molecule has 0 unspecified atom stereocenters. The summed E-state index contributed by atoms with van der Waals surface area (Å²) in [5.41, 5.74) is 0.811. The molecule has 2 aromatic heterocycles. The molecule has 0 aliphatic heterocycles. The highest BCUT2D eigenvalue weighted by Crippen LogP contribution is 2.19. The SMILES string of the molecule is Cn1cc(F)c(-c2ccc(Br)cn2)n1. The monoisotopic (exact) mass is 255 g/mol. The number of hydrogen-bond donors (Lipinski definition) is 0. The van der Waals surface area contributed by atoms with Gasteiger partial charge in [-0.3, -0.25) is 9.67 Å². The molecule has 14 heavy (non-hydrogen) atoms. The number of aromatic nitrogens is 3. The molecule has 0 saturated heterocycles. The lowest BCUT2D eigenvalue weighted by Crippen LogP contribution is -1.89. The molecule has 0 spiro atoms. The van der Waals surface area contributed by atoms with E-state index < -0.39 is 0 Å². The van der Waals surface area contributed by atoms with Gasteiger partial charge in [-0.25, -0.2) is 4.39 Å². The molecular weight excluding hydrogens is 249 g/mol. The van der Waals surface area contributed by atoms with Crippen molar-refractivity contribution in [3.8, 4) is 11.4 Å². The fourth-order valence-electron chi connectivity index (χ4n) is 1.15. The van der Waals surface area contributed by atoms with Crippen LogP contribution in [0.5, 0.6) is 0 Å². The van der Waals surface area contributed by atoms with Crippen molar-refractivity contribution in [3.63, 3.8) is 0 Å². The fourth-order valence-corrected chi connectivity index (χ4v) is 1.38. The Morgan fingerprint density at radius 1 is 1.43 bits per heavy atom. The first-order valence-electron chi connectivity index (χ1n) is 3.98. The summed E-state index contributed by atoms with van der Waals surface area (Å²) in [6.07, 6.45) is 2.93. The number of nitrogens with zero attached hydrogens (tertiary/aromatic N) is 3. The second-order valence-electron chi connectivity index (χ2n) is 2.86. The first kappa shape index (κ1) is 9.33. The van der Waals surface area contributed by atoms with Crippen LogP contribution < -0.4 is 0 Å². The van der Waals surface area contributed by atoms with Gasteiger partial charge in [0.1, 0.15) is 5.69 Å². The van der Waals surface area contributed by atoms with E-state index in [1.54, 1.807) is 25.4 Å². The number of hydrogen-bond acceptors (Lipinski definition) is 2. The Morgan fingerprint density at radius 2 is 2.21 bits per heavy atom. The highest BCUT2D eigenvalue weighted by atomic mass is 79.9. The van der Waals surface area contributed by atoms with Crippen LogP contribution in [0.25, 0.3) is 11.4 Å². The van der Waals surface area contributed by atoms with Gasteiger partial charge in [0.25, 0.3) is 0 Å². The molecule has 3 nitrogen and oxygen atoms in total. The minimum absolute atomic E-state index is 0.278. The Bertz CT molecular complexity index is 450. The summed E-state index contributed by atoms with van der Waals surface area (Å²) in [6, 6.07) is 3.52. The molecule has 72 valence electrons. The van der Waals surface area contributed by atoms with E-state index in [-0.39, 0.29) is 11.5 Å². The summed E-state index contributed by atoms with van der Waals surface area (Å²) >= 11 is 3.26. The summed E-state index contributed by atoms with van der Waals surface area (Å²) in [5.74, 6) is -0.359. The van der Waals surface area contributed by atoms with Gasteiger partial charge in [-0.15, -0.1) is 0 Å². The van der Waals surface area contributed by atoms with Crippen molar-refractivity contribution in [3.05, 3.63) is 34.8 Å². The molecule has 2 rings (SSSR count). The summed E-state index contributed by atoms with van der Waals surface area (Å²) in [6.45, 7) is 0. The zero-order valence-corrected chi connectivity index (χ0v) is 8.99. The van der Waals surface area contributed by atoms with Crippen molar-refractivity contribution in [2.45, 2.75) is 0 Å². The van der Waals surface area contributed by atoms with E-state index >= 15 is 0 Å². The van der Waals surface area contributed by atoms with E-state index in [0.717, 1.165) is 4.47 Å². The number of rotatable bonds is 1. The molecule has 0 aromatic carbocycles. The van der Waals surface area contributed by atoms with Crippen LogP contribution in [0.2, 0.25) is 0 Å². The van der Waals surface area contributed by atoms with E-state index in [4.69, 9.17) is 0 Å². The lowest BCUT2D eigenvalue weighted by Gasteiger charge is -1.95. The molecule has 0 bridgehead atoms. The molecule has 0 radical (unpaired) electrons. The van der Waals surface area contributed by atoms with Gasteiger partial charge in [-0.05, 0) is 28.1 Å². The number of halogens is 2. The molecule has 2 heterocycles. The molecule has 0 amide bonds. The maximum Gasteiger partial charge on any atom is 0.170 e. The molecule has 2 aromatic rings. The van der Waals surface area contributed by atoms with Gasteiger partial charge in [0, 0.05) is 17.7 Å². The van der Waals surface area contributed by atoms with Gasteiger partial charge in [-0.2, -0.15) is 5.10 Å². The van der Waals surface area contributed by atoms with Crippen LogP contribution in [0.1, 0.15) is 0 Å². The maximum atomic E-state index is 13.3. The molecule has 0 atom stereocenters. The van der Waals surface area contributed by atoms with Crippen molar-refractivity contribution in [2.24, 2.45) is 7.05 Å². The summed E-state index contributed by atoms with van der Waals surface area (Å²) in [5, 5.41) is 3.97. The van der Waals surface area contributed by atoms with Gasteiger partial charge in [0.2, 0.25) is 0 Å². The number of aryl methyl sites for hydroxylation is 1. The smallest absolute Gasteiger partial charge is 0.170 e. The lowest BCUT2D eigenvalue weighted by atomic mass is 10.3. The van der Waals surface area contributed by atoms with Gasteiger partial charge in [-0.1, -0.05) is 0 Å². The van der Waals surface area contributed by atoms with Gasteiger partial charge < -0.3 is 0 Å². The fraction of sp³-hybridized carbons (Fsp3) is 0.111. The largest absolute Gasteiger partial charge is 0.272 e. The van der Waals surface area contributed by atoms with Crippen LogP contribution in [-0.2, 0) is 7.05 Å². The van der Waals surface area contributed by atoms with Crippen LogP contribution in [0.4, 0.5) is 4.39 Å². The van der Waals surface area contributed by atoms with E-state index in [1.807, 2.05) is 0 Å². The average molecular weight is 256 g/mol. The molecule has 0 N–H and O–H groups in total. The van der Waals surface area contributed by atoms with Gasteiger partial charge >= 0.3 is 0 Å². The van der Waals surface area contributed by atoms with E-state index in [0.29, 0.717) is 5.69 Å².